The zero-order chi connectivity index (χ0) is 10.8. The first kappa shape index (κ1) is 10.8. The van der Waals surface area contributed by atoms with E-state index in [9.17, 15) is 4.79 Å². The molecule has 3 nitrogen and oxygen atoms in total. The Hall–Kier alpha value is -0.690. The summed E-state index contributed by atoms with van der Waals surface area (Å²) in [6.45, 7) is 2.20. The fourth-order valence-corrected chi connectivity index (χ4v) is 2.89. The summed E-state index contributed by atoms with van der Waals surface area (Å²) in [5.41, 5.74) is 0. The highest BCUT2D eigenvalue weighted by molar-refractivity contribution is 14.1. The van der Waals surface area contributed by atoms with E-state index in [-0.39, 0.29) is 5.97 Å². The van der Waals surface area contributed by atoms with Gasteiger partial charge in [0.05, 0.1) is 6.61 Å². The monoisotopic (exact) mass is 333 g/mol. The number of rotatable bonds is 2. The van der Waals surface area contributed by atoms with Crippen LogP contribution in [0, 0.1) is 3.57 Å². The van der Waals surface area contributed by atoms with Crippen LogP contribution in [0.2, 0.25) is 0 Å². The number of halogens is 1. The van der Waals surface area contributed by atoms with Crippen molar-refractivity contribution >= 4 is 50.1 Å². The molecular weight excluding hydrogens is 325 g/mol. The maximum atomic E-state index is 11.5. The van der Waals surface area contributed by atoms with Crippen molar-refractivity contribution in [3.63, 3.8) is 0 Å². The Balaban J connectivity index is 2.47. The van der Waals surface area contributed by atoms with Crippen molar-refractivity contribution < 1.29 is 9.53 Å². The van der Waals surface area contributed by atoms with Crippen LogP contribution in [0.5, 0.6) is 0 Å². The normalized spacial score (nSPS) is 10.5. The van der Waals surface area contributed by atoms with Crippen molar-refractivity contribution in [1.82, 2.24) is 4.98 Å². The first-order valence-corrected chi connectivity index (χ1v) is 6.33. The van der Waals surface area contributed by atoms with Crippen LogP contribution < -0.4 is 0 Å². The first-order valence-electron chi connectivity index (χ1n) is 4.43. The SMILES string of the molecule is CCOC(=O)c1cc2c(I)ccnc2s1. The lowest BCUT2D eigenvalue weighted by Crippen LogP contribution is -2.01. The molecule has 0 radical (unpaired) electrons. The molecule has 0 saturated carbocycles. The summed E-state index contributed by atoms with van der Waals surface area (Å²) >= 11 is 3.60. The molecule has 0 aliphatic rings. The van der Waals surface area contributed by atoms with E-state index in [4.69, 9.17) is 4.74 Å². The molecule has 0 fully saturated rings. The number of aromatic nitrogens is 1. The fraction of sp³-hybridized carbons (Fsp3) is 0.200. The minimum atomic E-state index is -0.267. The summed E-state index contributed by atoms with van der Waals surface area (Å²) in [5.74, 6) is -0.267. The summed E-state index contributed by atoms with van der Waals surface area (Å²) in [6.07, 6.45) is 1.75. The highest BCUT2D eigenvalue weighted by Gasteiger charge is 2.12. The van der Waals surface area contributed by atoms with Crippen molar-refractivity contribution in [2.24, 2.45) is 0 Å². The van der Waals surface area contributed by atoms with Gasteiger partial charge in [0.1, 0.15) is 9.71 Å². The molecule has 0 unspecified atom stereocenters. The lowest BCUT2D eigenvalue weighted by molar-refractivity contribution is 0.0532. The fourth-order valence-electron chi connectivity index (χ4n) is 1.21. The number of ether oxygens (including phenoxy) is 1. The average molecular weight is 333 g/mol. The van der Waals surface area contributed by atoms with E-state index in [1.54, 1.807) is 13.1 Å². The van der Waals surface area contributed by atoms with Crippen LogP contribution in [-0.2, 0) is 4.74 Å². The number of hydrogen-bond donors (Lipinski definition) is 0. The molecule has 0 aromatic carbocycles. The molecule has 2 aromatic heterocycles. The highest BCUT2D eigenvalue weighted by Crippen LogP contribution is 2.27. The van der Waals surface area contributed by atoms with Crippen LogP contribution in [0.3, 0.4) is 0 Å². The Morgan fingerprint density at radius 2 is 2.47 bits per heavy atom. The average Bonchev–Trinajstić information content (AvgIpc) is 2.63. The number of esters is 1. The van der Waals surface area contributed by atoms with Gasteiger partial charge in [-0.25, -0.2) is 9.78 Å². The van der Waals surface area contributed by atoms with Crippen molar-refractivity contribution in [3.8, 4) is 0 Å². The lowest BCUT2D eigenvalue weighted by atomic mass is 10.3. The van der Waals surface area contributed by atoms with Crippen molar-refractivity contribution in [2.75, 3.05) is 6.61 Å². The highest BCUT2D eigenvalue weighted by atomic mass is 127. The van der Waals surface area contributed by atoms with Gasteiger partial charge in [0.2, 0.25) is 0 Å². The zero-order valence-corrected chi connectivity index (χ0v) is 11.0. The first-order chi connectivity index (χ1) is 7.22. The largest absolute Gasteiger partial charge is 0.462 e. The van der Waals surface area contributed by atoms with Gasteiger partial charge in [0.15, 0.2) is 0 Å². The number of hydrogen-bond acceptors (Lipinski definition) is 4. The molecule has 5 heteroatoms. The van der Waals surface area contributed by atoms with Gasteiger partial charge in [-0.3, -0.25) is 0 Å². The quantitative estimate of drug-likeness (QED) is 0.626. The maximum absolute atomic E-state index is 11.5. The van der Waals surface area contributed by atoms with Gasteiger partial charge in [-0.05, 0) is 41.6 Å². The van der Waals surface area contributed by atoms with Crippen LogP contribution in [0.1, 0.15) is 16.6 Å². The summed E-state index contributed by atoms with van der Waals surface area (Å²) in [4.78, 5) is 17.2. The van der Waals surface area contributed by atoms with E-state index in [0.29, 0.717) is 11.5 Å². The molecule has 15 heavy (non-hydrogen) atoms. The number of carbonyl (C=O) groups excluding carboxylic acids is 1. The molecule has 0 atom stereocenters. The lowest BCUT2D eigenvalue weighted by Gasteiger charge is -1.95. The summed E-state index contributed by atoms with van der Waals surface area (Å²) in [5, 5.41) is 1.02. The van der Waals surface area contributed by atoms with E-state index in [1.165, 1.54) is 11.3 Å². The molecule has 2 heterocycles. The van der Waals surface area contributed by atoms with E-state index >= 15 is 0 Å². The Morgan fingerprint density at radius 3 is 3.13 bits per heavy atom. The molecule has 78 valence electrons. The second-order valence-electron chi connectivity index (χ2n) is 2.84. The number of nitrogens with zero attached hydrogens (tertiary/aromatic N) is 1. The molecule has 0 spiro atoms. The maximum Gasteiger partial charge on any atom is 0.348 e. The summed E-state index contributed by atoms with van der Waals surface area (Å²) in [6, 6.07) is 3.76. The molecule has 0 bridgehead atoms. The van der Waals surface area contributed by atoms with E-state index in [1.807, 2.05) is 12.1 Å². The molecule has 2 rings (SSSR count). The standard InChI is InChI=1S/C10H8INO2S/c1-2-14-10(13)8-5-6-7(11)3-4-12-9(6)15-8/h3-5H,2H2,1H3. The second kappa shape index (κ2) is 4.44. The number of thiophene rings is 1. The van der Waals surface area contributed by atoms with Gasteiger partial charge in [0.25, 0.3) is 0 Å². The predicted octanol–water partition coefficient (Wildman–Crippen LogP) is 3.08. The van der Waals surface area contributed by atoms with Crippen LogP contribution in [-0.4, -0.2) is 17.6 Å². The molecule has 2 aromatic rings. The topological polar surface area (TPSA) is 39.2 Å². The van der Waals surface area contributed by atoms with Crippen molar-refractivity contribution in [1.29, 1.82) is 0 Å². The molecule has 0 aliphatic carbocycles. The summed E-state index contributed by atoms with van der Waals surface area (Å²) < 4.78 is 6.04. The third kappa shape index (κ3) is 2.12. The van der Waals surface area contributed by atoms with Crippen LogP contribution in [0.4, 0.5) is 0 Å². The molecule has 0 amide bonds. The van der Waals surface area contributed by atoms with Crippen LogP contribution in [0.25, 0.3) is 10.2 Å². The van der Waals surface area contributed by atoms with E-state index in [0.717, 1.165) is 13.8 Å². The number of pyridine rings is 1. The molecule has 0 aliphatic heterocycles. The third-order valence-electron chi connectivity index (χ3n) is 1.86. The smallest absolute Gasteiger partial charge is 0.348 e. The van der Waals surface area contributed by atoms with Crippen molar-refractivity contribution in [3.05, 3.63) is 26.8 Å². The van der Waals surface area contributed by atoms with E-state index < -0.39 is 0 Å². The van der Waals surface area contributed by atoms with Crippen molar-refractivity contribution in [2.45, 2.75) is 6.92 Å². The Labute approximate surface area is 105 Å². The van der Waals surface area contributed by atoms with Gasteiger partial charge in [0, 0.05) is 15.2 Å². The number of fused-ring (bicyclic) bond motifs is 1. The van der Waals surface area contributed by atoms with Gasteiger partial charge < -0.3 is 4.74 Å². The minimum Gasteiger partial charge on any atom is -0.462 e. The molecular formula is C10H8INO2S. The predicted molar refractivity (Wildman–Crippen MR) is 68.3 cm³/mol. The Morgan fingerprint density at radius 1 is 1.67 bits per heavy atom. The van der Waals surface area contributed by atoms with Gasteiger partial charge in [-0.2, -0.15) is 0 Å². The van der Waals surface area contributed by atoms with Gasteiger partial charge >= 0.3 is 5.97 Å². The Bertz CT molecular complexity index is 509. The summed E-state index contributed by atoms with van der Waals surface area (Å²) in [7, 11) is 0. The van der Waals surface area contributed by atoms with Gasteiger partial charge in [-0.15, -0.1) is 11.3 Å². The zero-order valence-electron chi connectivity index (χ0n) is 7.99. The second-order valence-corrected chi connectivity index (χ2v) is 5.04. The van der Waals surface area contributed by atoms with Gasteiger partial charge in [-0.1, -0.05) is 0 Å². The van der Waals surface area contributed by atoms with Crippen LogP contribution in [0.15, 0.2) is 18.3 Å². The molecule has 0 N–H and O–H groups in total. The minimum absolute atomic E-state index is 0.267. The Kier molecular flexibility index (Phi) is 3.20. The van der Waals surface area contributed by atoms with Crippen LogP contribution >= 0.6 is 33.9 Å². The number of carbonyl (C=O) groups is 1. The molecule has 0 saturated heterocycles. The third-order valence-corrected chi connectivity index (χ3v) is 3.82. The van der Waals surface area contributed by atoms with E-state index in [2.05, 4.69) is 27.6 Å².